The molecule has 1 aliphatic carbocycles. The fraction of sp³-hybridized carbons (Fsp3) is 0.474. The lowest BCUT2D eigenvalue weighted by Gasteiger charge is -2.19. The van der Waals surface area contributed by atoms with E-state index >= 15 is 0 Å². The van der Waals surface area contributed by atoms with Crippen LogP contribution in [0.2, 0.25) is 0 Å². The Morgan fingerprint density at radius 1 is 1.44 bits per heavy atom. The summed E-state index contributed by atoms with van der Waals surface area (Å²) >= 11 is 0. The van der Waals surface area contributed by atoms with E-state index < -0.39 is 0 Å². The lowest BCUT2D eigenvalue weighted by molar-refractivity contribution is 0.233. The summed E-state index contributed by atoms with van der Waals surface area (Å²) < 4.78 is 15.3. The van der Waals surface area contributed by atoms with Gasteiger partial charge in [-0.25, -0.2) is 9.18 Å². The van der Waals surface area contributed by atoms with E-state index in [0.29, 0.717) is 0 Å². The van der Waals surface area contributed by atoms with Gasteiger partial charge in [-0.2, -0.15) is 5.10 Å². The van der Waals surface area contributed by atoms with Crippen LogP contribution in [0.4, 0.5) is 9.18 Å². The summed E-state index contributed by atoms with van der Waals surface area (Å²) in [4.78, 5) is 12.3. The molecule has 25 heavy (non-hydrogen) atoms. The van der Waals surface area contributed by atoms with E-state index in [9.17, 15) is 9.18 Å². The molecule has 0 spiro atoms. The maximum atomic E-state index is 13.5. The summed E-state index contributed by atoms with van der Waals surface area (Å²) in [5.74, 6) is -0.260. The van der Waals surface area contributed by atoms with Crippen molar-refractivity contribution in [1.29, 1.82) is 0 Å². The third-order valence-electron chi connectivity index (χ3n) is 5.04. The lowest BCUT2D eigenvalue weighted by atomic mass is 10.1. The Balaban J connectivity index is 1.59. The van der Waals surface area contributed by atoms with E-state index in [0.717, 1.165) is 41.8 Å². The van der Waals surface area contributed by atoms with Crippen LogP contribution in [-0.2, 0) is 19.9 Å². The molecule has 2 amide bonds. The zero-order chi connectivity index (χ0) is 18.1. The quantitative estimate of drug-likeness (QED) is 0.895. The normalized spacial score (nSPS) is 17.2. The number of nitrogens with one attached hydrogen (secondary N) is 2. The number of carbonyl (C=O) groups excluding carboxylic acids is 1. The van der Waals surface area contributed by atoms with Crippen molar-refractivity contribution in [2.75, 3.05) is 0 Å². The van der Waals surface area contributed by atoms with E-state index in [4.69, 9.17) is 0 Å². The van der Waals surface area contributed by atoms with Crippen LogP contribution in [-0.4, -0.2) is 21.9 Å². The second-order valence-electron chi connectivity index (χ2n) is 6.93. The number of fused-ring (bicyclic) bond motifs is 1. The van der Waals surface area contributed by atoms with Crippen LogP contribution in [0.5, 0.6) is 0 Å². The number of aryl methyl sites for hydroxylation is 3. The average Bonchev–Trinajstić information content (AvgIpc) is 3.03. The molecule has 0 bridgehead atoms. The van der Waals surface area contributed by atoms with Gasteiger partial charge in [0.05, 0.1) is 11.7 Å². The molecule has 1 heterocycles. The molecule has 1 aromatic heterocycles. The third kappa shape index (κ3) is 3.67. The number of nitrogens with zero attached hydrogens (tertiary/aromatic N) is 2. The lowest BCUT2D eigenvalue weighted by Crippen LogP contribution is -2.42. The molecule has 0 radical (unpaired) electrons. The number of carbonyl (C=O) groups is 1. The molecule has 3 rings (SSSR count). The van der Waals surface area contributed by atoms with E-state index in [1.165, 1.54) is 17.7 Å². The summed E-state index contributed by atoms with van der Waals surface area (Å²) in [6, 6.07) is 4.45. The van der Waals surface area contributed by atoms with Gasteiger partial charge in [-0.05, 0) is 68.9 Å². The second kappa shape index (κ2) is 6.86. The summed E-state index contributed by atoms with van der Waals surface area (Å²) in [6.45, 7) is 6.00. The van der Waals surface area contributed by atoms with Crippen LogP contribution in [0.1, 0.15) is 47.5 Å². The summed E-state index contributed by atoms with van der Waals surface area (Å²) in [7, 11) is 1.92. The Morgan fingerprint density at radius 3 is 2.88 bits per heavy atom. The summed E-state index contributed by atoms with van der Waals surface area (Å²) in [5, 5.41) is 10.4. The molecule has 2 aromatic rings. The highest BCUT2D eigenvalue weighted by Gasteiger charge is 2.25. The zero-order valence-electron chi connectivity index (χ0n) is 15.2. The minimum absolute atomic E-state index is 0.0185. The molecule has 5 nitrogen and oxygen atoms in total. The van der Waals surface area contributed by atoms with E-state index in [1.54, 1.807) is 6.07 Å². The number of benzene rings is 1. The topological polar surface area (TPSA) is 59.0 Å². The monoisotopic (exact) mass is 344 g/mol. The van der Waals surface area contributed by atoms with Gasteiger partial charge >= 0.3 is 6.03 Å². The van der Waals surface area contributed by atoms with E-state index in [-0.39, 0.29) is 23.9 Å². The number of aromatic nitrogens is 2. The molecule has 0 fully saturated rings. The van der Waals surface area contributed by atoms with Crippen molar-refractivity contribution in [3.8, 4) is 0 Å². The number of rotatable bonds is 4. The molecular weight excluding hydrogens is 319 g/mol. The van der Waals surface area contributed by atoms with E-state index in [2.05, 4.69) is 15.7 Å². The van der Waals surface area contributed by atoms with Gasteiger partial charge in [0.25, 0.3) is 0 Å². The maximum Gasteiger partial charge on any atom is 0.315 e. The van der Waals surface area contributed by atoms with Crippen molar-refractivity contribution in [2.24, 2.45) is 7.05 Å². The van der Waals surface area contributed by atoms with Gasteiger partial charge in [0.15, 0.2) is 0 Å². The molecule has 0 saturated heterocycles. The summed E-state index contributed by atoms with van der Waals surface area (Å²) in [5.41, 5.74) is 5.28. The highest BCUT2D eigenvalue weighted by atomic mass is 19.1. The van der Waals surface area contributed by atoms with Crippen molar-refractivity contribution < 1.29 is 9.18 Å². The molecular formula is C19H25FN4O. The van der Waals surface area contributed by atoms with Gasteiger partial charge in [-0.3, -0.25) is 4.68 Å². The first-order valence-corrected chi connectivity index (χ1v) is 8.69. The van der Waals surface area contributed by atoms with Crippen molar-refractivity contribution in [3.63, 3.8) is 0 Å². The van der Waals surface area contributed by atoms with Crippen LogP contribution in [0.15, 0.2) is 18.2 Å². The van der Waals surface area contributed by atoms with E-state index in [1.807, 2.05) is 32.5 Å². The highest BCUT2D eigenvalue weighted by Crippen LogP contribution is 2.31. The molecule has 0 saturated carbocycles. The van der Waals surface area contributed by atoms with Gasteiger partial charge < -0.3 is 10.6 Å². The van der Waals surface area contributed by atoms with Crippen LogP contribution < -0.4 is 10.6 Å². The third-order valence-corrected chi connectivity index (χ3v) is 5.04. The molecule has 1 aliphatic rings. The molecule has 1 aromatic carbocycles. The largest absolute Gasteiger partial charge is 0.335 e. The standard InChI is InChI=1S/C19H25FN4O/c1-11(9-16-12(2)23-24(4)13(16)3)21-19(25)22-18-8-6-14-5-7-15(20)10-17(14)18/h5,7,10-11,18H,6,8-9H2,1-4H3,(H2,21,22,25)/t11-,18+/m0/s1. The smallest absolute Gasteiger partial charge is 0.315 e. The van der Waals surface area contributed by atoms with Crippen molar-refractivity contribution in [1.82, 2.24) is 20.4 Å². The van der Waals surface area contributed by atoms with Crippen molar-refractivity contribution >= 4 is 6.03 Å². The predicted octanol–water partition coefficient (Wildman–Crippen LogP) is 3.09. The minimum Gasteiger partial charge on any atom is -0.335 e. The number of amides is 2. The molecule has 0 aliphatic heterocycles. The van der Waals surface area contributed by atoms with Crippen LogP contribution >= 0.6 is 0 Å². The minimum atomic E-state index is -0.260. The molecule has 2 N–H and O–H groups in total. The number of hydrogen-bond acceptors (Lipinski definition) is 2. The van der Waals surface area contributed by atoms with Crippen LogP contribution in [0.25, 0.3) is 0 Å². The van der Waals surface area contributed by atoms with Crippen LogP contribution in [0, 0.1) is 19.7 Å². The maximum absolute atomic E-state index is 13.5. The first-order valence-electron chi connectivity index (χ1n) is 8.69. The Labute approximate surface area is 147 Å². The Hall–Kier alpha value is -2.37. The van der Waals surface area contributed by atoms with Gasteiger partial charge in [0.2, 0.25) is 0 Å². The Morgan fingerprint density at radius 2 is 2.20 bits per heavy atom. The number of halogens is 1. The highest BCUT2D eigenvalue weighted by molar-refractivity contribution is 5.75. The molecule has 134 valence electrons. The fourth-order valence-corrected chi connectivity index (χ4v) is 3.62. The first-order chi connectivity index (χ1) is 11.8. The molecule has 6 heteroatoms. The van der Waals surface area contributed by atoms with Gasteiger partial charge in [0, 0.05) is 18.8 Å². The number of urea groups is 1. The zero-order valence-corrected chi connectivity index (χ0v) is 15.2. The second-order valence-corrected chi connectivity index (χ2v) is 6.93. The Bertz CT molecular complexity index is 799. The van der Waals surface area contributed by atoms with Crippen molar-refractivity contribution in [2.45, 2.75) is 52.1 Å². The molecule has 2 atom stereocenters. The van der Waals surface area contributed by atoms with Crippen molar-refractivity contribution in [3.05, 3.63) is 52.1 Å². The van der Waals surface area contributed by atoms with Crippen LogP contribution in [0.3, 0.4) is 0 Å². The Kier molecular flexibility index (Phi) is 4.79. The fourth-order valence-electron chi connectivity index (χ4n) is 3.62. The predicted molar refractivity (Wildman–Crippen MR) is 95.0 cm³/mol. The SMILES string of the molecule is Cc1nn(C)c(C)c1C[C@H](C)NC(=O)N[C@@H]1CCc2ccc(F)cc21. The first kappa shape index (κ1) is 17.5. The average molecular weight is 344 g/mol. The van der Waals surface area contributed by atoms with Gasteiger partial charge in [-0.15, -0.1) is 0 Å². The number of hydrogen-bond donors (Lipinski definition) is 2. The molecule has 0 unspecified atom stereocenters. The summed E-state index contributed by atoms with van der Waals surface area (Å²) in [6.07, 6.45) is 2.40. The van der Waals surface area contributed by atoms with Gasteiger partial charge in [0.1, 0.15) is 5.82 Å². The van der Waals surface area contributed by atoms with Gasteiger partial charge in [-0.1, -0.05) is 6.07 Å².